The van der Waals surface area contributed by atoms with Crippen LogP contribution in [-0.4, -0.2) is 39.6 Å². The van der Waals surface area contributed by atoms with Crippen LogP contribution in [0.3, 0.4) is 0 Å². The summed E-state index contributed by atoms with van der Waals surface area (Å²) in [5, 5.41) is 25.7. The van der Waals surface area contributed by atoms with Gasteiger partial charge in [0.25, 0.3) is 0 Å². The molecule has 1 aliphatic carbocycles. The molecular formula is C16H19FN2O3S. The Labute approximate surface area is 137 Å². The Morgan fingerprint density at radius 1 is 1.30 bits per heavy atom. The van der Waals surface area contributed by atoms with Crippen molar-refractivity contribution >= 4 is 11.3 Å². The van der Waals surface area contributed by atoms with Crippen molar-refractivity contribution in [1.82, 2.24) is 10.3 Å². The number of aromatic nitrogens is 1. The first-order chi connectivity index (χ1) is 11.1. The molecule has 3 N–H and O–H groups in total. The maximum absolute atomic E-state index is 13.2. The van der Waals surface area contributed by atoms with Crippen LogP contribution in [0.5, 0.6) is 5.75 Å². The lowest BCUT2D eigenvalue weighted by atomic mass is 9.87. The number of ether oxygens (including phenoxy) is 1. The van der Waals surface area contributed by atoms with E-state index in [0.717, 1.165) is 5.69 Å². The van der Waals surface area contributed by atoms with Crippen LogP contribution in [-0.2, 0) is 6.54 Å². The average Bonchev–Trinajstić information content (AvgIpc) is 3.05. The van der Waals surface area contributed by atoms with E-state index in [9.17, 15) is 14.6 Å². The van der Waals surface area contributed by atoms with Gasteiger partial charge in [-0.05, 0) is 25.0 Å². The quantitative estimate of drug-likeness (QED) is 0.774. The van der Waals surface area contributed by atoms with E-state index in [0.29, 0.717) is 25.1 Å². The highest BCUT2D eigenvalue weighted by Gasteiger charge is 2.38. The van der Waals surface area contributed by atoms with Gasteiger partial charge in [0, 0.05) is 24.0 Å². The summed E-state index contributed by atoms with van der Waals surface area (Å²) in [5.41, 5.74) is 2.67. The molecule has 3 rings (SSSR count). The molecule has 0 amide bonds. The molecule has 23 heavy (non-hydrogen) atoms. The van der Waals surface area contributed by atoms with Crippen LogP contribution in [0.2, 0.25) is 0 Å². The van der Waals surface area contributed by atoms with Crippen molar-refractivity contribution in [3.05, 3.63) is 46.7 Å². The highest BCUT2D eigenvalue weighted by Crippen LogP contribution is 2.25. The Balaban J connectivity index is 1.56. The molecule has 1 aromatic heterocycles. The van der Waals surface area contributed by atoms with Crippen molar-refractivity contribution in [2.24, 2.45) is 0 Å². The number of nitrogens with zero attached hydrogens (tertiary/aromatic N) is 1. The molecular weight excluding hydrogens is 319 g/mol. The molecule has 0 unspecified atom stereocenters. The molecule has 1 fully saturated rings. The summed E-state index contributed by atoms with van der Waals surface area (Å²) in [7, 11) is 0. The zero-order valence-corrected chi connectivity index (χ0v) is 13.2. The minimum absolute atomic E-state index is 0.223. The van der Waals surface area contributed by atoms with Gasteiger partial charge in [0.1, 0.15) is 23.8 Å². The Hall–Kier alpha value is -1.54. The Kier molecular flexibility index (Phi) is 5.22. The molecule has 4 atom stereocenters. The second-order valence-corrected chi connectivity index (χ2v) is 6.36. The first kappa shape index (κ1) is 16.3. The van der Waals surface area contributed by atoms with Crippen molar-refractivity contribution in [2.75, 3.05) is 0 Å². The van der Waals surface area contributed by atoms with Gasteiger partial charge in [-0.2, -0.15) is 0 Å². The van der Waals surface area contributed by atoms with E-state index in [1.165, 1.54) is 23.5 Å². The molecule has 1 aromatic carbocycles. The maximum Gasteiger partial charge on any atom is 0.127 e. The van der Waals surface area contributed by atoms with E-state index in [4.69, 9.17) is 4.74 Å². The van der Waals surface area contributed by atoms with E-state index in [1.807, 2.05) is 5.38 Å². The Morgan fingerprint density at radius 2 is 2.17 bits per heavy atom. The number of aliphatic hydroxyl groups excluding tert-OH is 2. The van der Waals surface area contributed by atoms with Crippen LogP contribution in [0.4, 0.5) is 4.39 Å². The lowest BCUT2D eigenvalue weighted by Gasteiger charge is -2.37. The number of hydrogen-bond acceptors (Lipinski definition) is 6. The van der Waals surface area contributed by atoms with E-state index >= 15 is 0 Å². The topological polar surface area (TPSA) is 74.6 Å². The van der Waals surface area contributed by atoms with Crippen molar-refractivity contribution in [3.63, 3.8) is 0 Å². The summed E-state index contributed by atoms with van der Waals surface area (Å²) >= 11 is 1.52. The van der Waals surface area contributed by atoms with Gasteiger partial charge >= 0.3 is 0 Å². The lowest BCUT2D eigenvalue weighted by molar-refractivity contribution is -0.0893. The summed E-state index contributed by atoms with van der Waals surface area (Å²) in [6.07, 6.45) is -1.30. The summed E-state index contributed by atoms with van der Waals surface area (Å²) in [4.78, 5) is 4.18. The molecule has 0 aliphatic heterocycles. The maximum atomic E-state index is 13.2. The van der Waals surface area contributed by atoms with Crippen molar-refractivity contribution in [3.8, 4) is 5.75 Å². The number of benzene rings is 1. The molecule has 5 nitrogen and oxygen atoms in total. The third-order valence-corrected chi connectivity index (χ3v) is 4.65. The van der Waals surface area contributed by atoms with E-state index in [2.05, 4.69) is 10.3 Å². The molecule has 7 heteroatoms. The van der Waals surface area contributed by atoms with Gasteiger partial charge in [-0.3, -0.25) is 0 Å². The molecule has 1 aliphatic rings. The van der Waals surface area contributed by atoms with Crippen LogP contribution in [0, 0.1) is 5.82 Å². The SMILES string of the molecule is O[C@H]1[C@H](O)[C@H](Oc2cccc(F)c2)CC[C@H]1NCc1cscn1. The minimum atomic E-state index is -1.03. The summed E-state index contributed by atoms with van der Waals surface area (Å²) < 4.78 is 18.8. The smallest absolute Gasteiger partial charge is 0.127 e. The Morgan fingerprint density at radius 3 is 2.91 bits per heavy atom. The average molecular weight is 338 g/mol. The van der Waals surface area contributed by atoms with Crippen LogP contribution >= 0.6 is 11.3 Å². The zero-order valence-electron chi connectivity index (χ0n) is 12.4. The molecule has 0 spiro atoms. The van der Waals surface area contributed by atoms with Gasteiger partial charge in [-0.15, -0.1) is 11.3 Å². The van der Waals surface area contributed by atoms with Gasteiger partial charge in [0.05, 0.1) is 17.3 Å². The highest BCUT2D eigenvalue weighted by atomic mass is 32.1. The van der Waals surface area contributed by atoms with Crippen molar-refractivity contribution < 1.29 is 19.3 Å². The Bertz CT molecular complexity index is 626. The molecule has 0 radical (unpaired) electrons. The lowest BCUT2D eigenvalue weighted by Crippen LogP contribution is -2.55. The normalized spacial score (nSPS) is 27.8. The van der Waals surface area contributed by atoms with E-state index in [1.54, 1.807) is 17.6 Å². The van der Waals surface area contributed by atoms with Crippen molar-refractivity contribution in [2.45, 2.75) is 43.7 Å². The largest absolute Gasteiger partial charge is 0.488 e. The third kappa shape index (κ3) is 4.06. The fraction of sp³-hybridized carbons (Fsp3) is 0.438. The predicted octanol–water partition coefficient (Wildman–Crippen LogP) is 1.70. The monoisotopic (exact) mass is 338 g/mol. The molecule has 124 valence electrons. The van der Waals surface area contributed by atoms with Gasteiger partial charge < -0.3 is 20.3 Å². The van der Waals surface area contributed by atoms with Crippen LogP contribution in [0.1, 0.15) is 18.5 Å². The number of thiazole rings is 1. The third-order valence-electron chi connectivity index (χ3n) is 4.02. The van der Waals surface area contributed by atoms with Gasteiger partial charge in [0.2, 0.25) is 0 Å². The fourth-order valence-electron chi connectivity index (χ4n) is 2.77. The second-order valence-electron chi connectivity index (χ2n) is 5.64. The standard InChI is InChI=1S/C16H19FN2O3S/c17-10-2-1-3-12(6-10)22-14-5-4-13(15(20)16(14)21)18-7-11-8-23-9-19-11/h1-3,6,8-9,13-16,18,20-21H,4-5,7H2/t13-,14-,15-,16-/m1/s1. The van der Waals surface area contributed by atoms with E-state index in [-0.39, 0.29) is 6.04 Å². The fourth-order valence-corrected chi connectivity index (χ4v) is 3.33. The highest BCUT2D eigenvalue weighted by molar-refractivity contribution is 7.07. The molecule has 1 heterocycles. The van der Waals surface area contributed by atoms with Gasteiger partial charge in [0.15, 0.2) is 0 Å². The molecule has 0 bridgehead atoms. The number of rotatable bonds is 5. The van der Waals surface area contributed by atoms with Crippen molar-refractivity contribution in [1.29, 1.82) is 0 Å². The first-order valence-corrected chi connectivity index (χ1v) is 8.46. The van der Waals surface area contributed by atoms with Gasteiger partial charge in [-0.25, -0.2) is 9.37 Å². The number of nitrogens with one attached hydrogen (secondary N) is 1. The van der Waals surface area contributed by atoms with Crippen LogP contribution in [0.25, 0.3) is 0 Å². The number of aliphatic hydroxyl groups is 2. The zero-order chi connectivity index (χ0) is 16.2. The predicted molar refractivity (Wildman–Crippen MR) is 84.8 cm³/mol. The second kappa shape index (κ2) is 7.35. The summed E-state index contributed by atoms with van der Waals surface area (Å²) in [5.74, 6) is -0.0358. The molecule has 0 saturated heterocycles. The van der Waals surface area contributed by atoms with Crippen LogP contribution < -0.4 is 10.1 Å². The summed E-state index contributed by atoms with van der Waals surface area (Å²) in [6.45, 7) is 0.549. The molecule has 2 aromatic rings. The van der Waals surface area contributed by atoms with Gasteiger partial charge in [-0.1, -0.05) is 6.07 Å². The minimum Gasteiger partial charge on any atom is -0.488 e. The number of halogens is 1. The number of hydrogen-bond donors (Lipinski definition) is 3. The van der Waals surface area contributed by atoms with E-state index < -0.39 is 24.1 Å². The summed E-state index contributed by atoms with van der Waals surface area (Å²) in [6, 6.07) is 5.56. The first-order valence-electron chi connectivity index (χ1n) is 7.52. The molecule has 1 saturated carbocycles. The van der Waals surface area contributed by atoms with Crippen LogP contribution in [0.15, 0.2) is 35.2 Å².